The molecule has 1 N–H and O–H groups in total. The molecule has 1 aromatic rings. The average Bonchev–Trinajstić information content (AvgIpc) is 2.55. The Kier molecular flexibility index (Phi) is 4.10. The van der Waals surface area contributed by atoms with Crippen LogP contribution in [0.5, 0.6) is 5.88 Å². The van der Waals surface area contributed by atoms with Crippen LogP contribution in [0.2, 0.25) is 0 Å². The van der Waals surface area contributed by atoms with Crippen molar-refractivity contribution in [3.8, 4) is 5.88 Å². The highest BCUT2D eigenvalue weighted by molar-refractivity contribution is 5.96. The molecule has 2 saturated heterocycles. The van der Waals surface area contributed by atoms with E-state index in [0.29, 0.717) is 11.4 Å². The number of carbonyl (C=O) groups excluding carboxylic acids is 1. The third-order valence-corrected chi connectivity index (χ3v) is 4.70. The molecule has 1 unspecified atom stereocenters. The summed E-state index contributed by atoms with van der Waals surface area (Å²) < 4.78 is 5.22. The maximum absolute atomic E-state index is 12.8. The molecule has 0 saturated carbocycles. The Bertz CT molecular complexity index is 506. The van der Waals surface area contributed by atoms with Gasteiger partial charge in [-0.05, 0) is 44.4 Å². The van der Waals surface area contributed by atoms with Crippen LogP contribution in [-0.2, 0) is 0 Å². The van der Waals surface area contributed by atoms with Gasteiger partial charge < -0.3 is 15.0 Å². The van der Waals surface area contributed by atoms with Gasteiger partial charge in [0.2, 0.25) is 5.88 Å². The fraction of sp³-hybridized carbons (Fsp3) is 0.625. The van der Waals surface area contributed by atoms with Crippen molar-refractivity contribution in [2.75, 3.05) is 33.3 Å². The van der Waals surface area contributed by atoms with Gasteiger partial charge >= 0.3 is 0 Å². The number of hydrogen-bond donors (Lipinski definition) is 1. The van der Waals surface area contributed by atoms with E-state index in [1.807, 2.05) is 4.90 Å². The van der Waals surface area contributed by atoms with Crippen molar-refractivity contribution in [1.29, 1.82) is 0 Å². The minimum atomic E-state index is 0.0459. The maximum Gasteiger partial charge on any atom is 0.259 e. The number of hydrogen-bond acceptors (Lipinski definition) is 4. The van der Waals surface area contributed by atoms with Crippen molar-refractivity contribution >= 4 is 5.91 Å². The summed E-state index contributed by atoms with van der Waals surface area (Å²) in [4.78, 5) is 18.9. The van der Waals surface area contributed by atoms with E-state index in [0.717, 1.165) is 32.6 Å². The second kappa shape index (κ2) is 6.02. The minimum Gasteiger partial charge on any atom is -0.480 e. The van der Waals surface area contributed by atoms with Gasteiger partial charge in [-0.25, -0.2) is 4.98 Å². The van der Waals surface area contributed by atoms with Gasteiger partial charge in [0, 0.05) is 31.2 Å². The molecule has 0 aromatic carbocycles. The largest absolute Gasteiger partial charge is 0.480 e. The molecule has 2 aliphatic heterocycles. The molecule has 3 heterocycles. The number of nitrogens with zero attached hydrogens (tertiary/aromatic N) is 2. The maximum atomic E-state index is 12.8. The lowest BCUT2D eigenvalue weighted by Gasteiger charge is -2.45. The Morgan fingerprint density at radius 1 is 1.43 bits per heavy atom. The van der Waals surface area contributed by atoms with Gasteiger partial charge in [0.15, 0.2) is 0 Å². The zero-order valence-corrected chi connectivity index (χ0v) is 12.6. The summed E-state index contributed by atoms with van der Waals surface area (Å²) in [6.07, 6.45) is 6.37. The molecule has 5 nitrogen and oxygen atoms in total. The fourth-order valence-electron chi connectivity index (χ4n) is 3.65. The molecule has 0 radical (unpaired) electrons. The zero-order valence-electron chi connectivity index (χ0n) is 12.6. The third kappa shape index (κ3) is 2.88. The summed E-state index contributed by atoms with van der Waals surface area (Å²) in [5.74, 6) is 0.466. The summed E-state index contributed by atoms with van der Waals surface area (Å²) in [6.45, 7) is 3.81. The molecule has 2 aliphatic rings. The Hall–Kier alpha value is -1.62. The van der Waals surface area contributed by atoms with Crippen molar-refractivity contribution in [2.45, 2.75) is 25.7 Å². The predicted molar refractivity (Wildman–Crippen MR) is 80.5 cm³/mol. The van der Waals surface area contributed by atoms with E-state index in [1.54, 1.807) is 25.4 Å². The van der Waals surface area contributed by atoms with Crippen LogP contribution in [0, 0.1) is 5.41 Å². The molecule has 3 rings (SSSR count). The summed E-state index contributed by atoms with van der Waals surface area (Å²) >= 11 is 0. The highest BCUT2D eigenvalue weighted by Gasteiger charge is 2.38. The second-order valence-electron chi connectivity index (χ2n) is 6.17. The number of pyridine rings is 1. The van der Waals surface area contributed by atoms with Gasteiger partial charge in [0.25, 0.3) is 5.91 Å². The Morgan fingerprint density at radius 2 is 2.29 bits per heavy atom. The number of rotatable bonds is 2. The molecule has 1 aromatic heterocycles. The summed E-state index contributed by atoms with van der Waals surface area (Å²) in [7, 11) is 1.56. The topological polar surface area (TPSA) is 54.5 Å². The van der Waals surface area contributed by atoms with Crippen molar-refractivity contribution in [3.63, 3.8) is 0 Å². The summed E-state index contributed by atoms with van der Waals surface area (Å²) in [5, 5.41) is 3.49. The molecule has 114 valence electrons. The first-order chi connectivity index (χ1) is 10.2. The first kappa shape index (κ1) is 14.3. The van der Waals surface area contributed by atoms with Crippen LogP contribution in [0.25, 0.3) is 0 Å². The SMILES string of the molecule is COc1ncccc1C(=O)N1CCCC2(CCCNC2)C1. The molecule has 1 atom stereocenters. The van der Waals surface area contributed by atoms with E-state index in [9.17, 15) is 4.79 Å². The van der Waals surface area contributed by atoms with Crippen molar-refractivity contribution in [1.82, 2.24) is 15.2 Å². The minimum absolute atomic E-state index is 0.0459. The number of likely N-dealkylation sites (tertiary alicyclic amines) is 1. The molecule has 1 spiro atoms. The normalized spacial score (nSPS) is 25.9. The van der Waals surface area contributed by atoms with Crippen LogP contribution in [0.3, 0.4) is 0 Å². The molecule has 2 fully saturated rings. The fourth-order valence-corrected chi connectivity index (χ4v) is 3.65. The van der Waals surface area contributed by atoms with Gasteiger partial charge in [0.1, 0.15) is 5.56 Å². The van der Waals surface area contributed by atoms with Crippen LogP contribution in [0.1, 0.15) is 36.0 Å². The molecular formula is C16H23N3O2. The Morgan fingerprint density at radius 3 is 3.05 bits per heavy atom. The van der Waals surface area contributed by atoms with Gasteiger partial charge in [-0.15, -0.1) is 0 Å². The lowest BCUT2D eigenvalue weighted by Crippen LogP contribution is -2.52. The van der Waals surface area contributed by atoms with E-state index in [1.165, 1.54) is 19.3 Å². The first-order valence-electron chi connectivity index (χ1n) is 7.73. The van der Waals surface area contributed by atoms with Crippen LogP contribution in [-0.4, -0.2) is 49.1 Å². The predicted octanol–water partition coefficient (Wildman–Crippen LogP) is 1.70. The number of carbonyl (C=O) groups is 1. The molecule has 5 heteroatoms. The Labute approximate surface area is 125 Å². The van der Waals surface area contributed by atoms with E-state index < -0.39 is 0 Å². The van der Waals surface area contributed by atoms with Crippen LogP contribution in [0.4, 0.5) is 0 Å². The number of aromatic nitrogens is 1. The standard InChI is InChI=1S/C16H23N3O2/c1-21-14-13(5-2-9-18-14)15(20)19-10-4-7-16(12-19)6-3-8-17-11-16/h2,5,9,17H,3-4,6-8,10-12H2,1H3. The smallest absolute Gasteiger partial charge is 0.259 e. The Balaban J connectivity index is 1.78. The molecule has 21 heavy (non-hydrogen) atoms. The molecule has 0 aliphatic carbocycles. The number of piperidine rings is 2. The highest BCUT2D eigenvalue weighted by atomic mass is 16.5. The first-order valence-corrected chi connectivity index (χ1v) is 7.73. The van der Waals surface area contributed by atoms with E-state index in [-0.39, 0.29) is 11.3 Å². The number of methoxy groups -OCH3 is 1. The van der Waals surface area contributed by atoms with Crippen molar-refractivity contribution in [2.24, 2.45) is 5.41 Å². The quantitative estimate of drug-likeness (QED) is 0.900. The lowest BCUT2D eigenvalue weighted by atomic mass is 9.74. The summed E-state index contributed by atoms with van der Waals surface area (Å²) in [5.41, 5.74) is 0.836. The second-order valence-corrected chi connectivity index (χ2v) is 6.17. The molecule has 0 bridgehead atoms. The highest BCUT2D eigenvalue weighted by Crippen LogP contribution is 2.36. The molecular weight excluding hydrogens is 266 g/mol. The number of nitrogens with one attached hydrogen (secondary N) is 1. The number of ether oxygens (including phenoxy) is 1. The van der Waals surface area contributed by atoms with Crippen molar-refractivity contribution < 1.29 is 9.53 Å². The zero-order chi connectivity index (χ0) is 14.7. The number of amides is 1. The van der Waals surface area contributed by atoms with Crippen LogP contribution in [0.15, 0.2) is 18.3 Å². The van der Waals surface area contributed by atoms with Crippen LogP contribution >= 0.6 is 0 Å². The van der Waals surface area contributed by atoms with Gasteiger partial charge in [-0.1, -0.05) is 0 Å². The van der Waals surface area contributed by atoms with Gasteiger partial charge in [-0.2, -0.15) is 0 Å². The average molecular weight is 289 g/mol. The monoisotopic (exact) mass is 289 g/mol. The van der Waals surface area contributed by atoms with Crippen molar-refractivity contribution in [3.05, 3.63) is 23.9 Å². The third-order valence-electron chi connectivity index (χ3n) is 4.70. The lowest BCUT2D eigenvalue weighted by molar-refractivity contribution is 0.0430. The van der Waals surface area contributed by atoms with E-state index in [2.05, 4.69) is 10.3 Å². The van der Waals surface area contributed by atoms with Crippen LogP contribution < -0.4 is 10.1 Å². The summed E-state index contributed by atoms with van der Waals surface area (Å²) in [6, 6.07) is 3.59. The van der Waals surface area contributed by atoms with Gasteiger partial charge in [0.05, 0.1) is 7.11 Å². The van der Waals surface area contributed by atoms with Gasteiger partial charge in [-0.3, -0.25) is 4.79 Å². The van der Waals surface area contributed by atoms with E-state index >= 15 is 0 Å². The molecule has 1 amide bonds. The van der Waals surface area contributed by atoms with E-state index in [4.69, 9.17) is 4.74 Å².